The Morgan fingerprint density at radius 2 is 2.22 bits per heavy atom. The molecule has 1 aliphatic rings. The second kappa shape index (κ2) is 7.30. The molecule has 0 saturated carbocycles. The van der Waals surface area contributed by atoms with E-state index in [0.29, 0.717) is 0 Å². The normalized spacial score (nSPS) is 15.9. The van der Waals surface area contributed by atoms with E-state index in [0.717, 1.165) is 12.5 Å². The lowest BCUT2D eigenvalue weighted by Crippen LogP contribution is -2.21. The van der Waals surface area contributed by atoms with E-state index in [1.807, 2.05) is 11.3 Å². The second-order valence-electron chi connectivity index (χ2n) is 5.56. The molecular formula is C16H27NS. The highest BCUT2D eigenvalue weighted by atomic mass is 32.1. The Morgan fingerprint density at radius 3 is 2.94 bits per heavy atom. The van der Waals surface area contributed by atoms with Crippen molar-refractivity contribution < 1.29 is 0 Å². The van der Waals surface area contributed by atoms with Gasteiger partial charge in [0, 0.05) is 16.3 Å². The molecule has 1 aromatic rings. The van der Waals surface area contributed by atoms with Crippen molar-refractivity contribution in [2.75, 3.05) is 6.54 Å². The van der Waals surface area contributed by atoms with Crippen LogP contribution in [0, 0.1) is 5.92 Å². The van der Waals surface area contributed by atoms with Crippen molar-refractivity contribution in [2.45, 2.75) is 65.3 Å². The maximum atomic E-state index is 3.66. The van der Waals surface area contributed by atoms with Crippen LogP contribution in [0.15, 0.2) is 6.07 Å². The zero-order chi connectivity index (χ0) is 12.8. The molecule has 2 heteroatoms. The average Bonchev–Trinajstić information content (AvgIpc) is 2.94. The zero-order valence-electron chi connectivity index (χ0n) is 11.9. The van der Waals surface area contributed by atoms with Crippen LogP contribution in [0.4, 0.5) is 0 Å². The lowest BCUT2D eigenvalue weighted by molar-refractivity contribution is 0.420. The molecule has 0 amide bonds. The van der Waals surface area contributed by atoms with E-state index in [2.05, 4.69) is 25.2 Å². The van der Waals surface area contributed by atoms with Crippen LogP contribution < -0.4 is 5.32 Å². The Bertz CT molecular complexity index is 334. The van der Waals surface area contributed by atoms with Crippen molar-refractivity contribution in [3.05, 3.63) is 21.4 Å². The summed E-state index contributed by atoms with van der Waals surface area (Å²) in [7, 11) is 0. The summed E-state index contributed by atoms with van der Waals surface area (Å²) in [6, 6.07) is 2.44. The highest BCUT2D eigenvalue weighted by molar-refractivity contribution is 7.12. The molecule has 18 heavy (non-hydrogen) atoms. The first-order chi connectivity index (χ1) is 8.83. The van der Waals surface area contributed by atoms with Crippen molar-refractivity contribution in [3.63, 3.8) is 0 Å². The van der Waals surface area contributed by atoms with E-state index in [1.165, 1.54) is 51.5 Å². The van der Waals surface area contributed by atoms with E-state index in [4.69, 9.17) is 0 Å². The van der Waals surface area contributed by atoms with E-state index in [9.17, 15) is 0 Å². The van der Waals surface area contributed by atoms with Crippen LogP contribution in [0.25, 0.3) is 0 Å². The summed E-state index contributed by atoms with van der Waals surface area (Å²) in [5.41, 5.74) is 1.63. The lowest BCUT2D eigenvalue weighted by Gasteiger charge is -2.14. The molecule has 1 heterocycles. The first-order valence-electron chi connectivity index (χ1n) is 7.64. The largest absolute Gasteiger partial charge is 0.312 e. The van der Waals surface area contributed by atoms with Gasteiger partial charge in [-0.3, -0.25) is 0 Å². The van der Waals surface area contributed by atoms with Gasteiger partial charge < -0.3 is 5.32 Å². The molecule has 1 nitrogen and oxygen atoms in total. The van der Waals surface area contributed by atoms with Gasteiger partial charge in [-0.25, -0.2) is 0 Å². The standard InChI is InChI=1S/C16H27NS/c1-3-5-7-13(4-2)11-17-12-15-10-14-8-6-9-16(14)18-15/h10,13,17H,3-9,11-12H2,1-2H3. The van der Waals surface area contributed by atoms with Gasteiger partial charge in [0.25, 0.3) is 0 Å². The molecule has 102 valence electrons. The van der Waals surface area contributed by atoms with E-state index in [1.54, 1.807) is 15.3 Å². The van der Waals surface area contributed by atoms with Gasteiger partial charge in [0.1, 0.15) is 0 Å². The summed E-state index contributed by atoms with van der Waals surface area (Å²) in [5, 5.41) is 3.66. The number of nitrogens with one attached hydrogen (secondary N) is 1. The third-order valence-electron chi connectivity index (χ3n) is 4.07. The van der Waals surface area contributed by atoms with Crippen LogP contribution in [0.3, 0.4) is 0 Å². The van der Waals surface area contributed by atoms with Crippen molar-refractivity contribution in [3.8, 4) is 0 Å². The van der Waals surface area contributed by atoms with E-state index >= 15 is 0 Å². The number of hydrogen-bond acceptors (Lipinski definition) is 2. The Morgan fingerprint density at radius 1 is 1.33 bits per heavy atom. The van der Waals surface area contributed by atoms with Crippen LogP contribution >= 0.6 is 11.3 Å². The van der Waals surface area contributed by atoms with Crippen LogP contribution in [-0.2, 0) is 19.4 Å². The first-order valence-corrected chi connectivity index (χ1v) is 8.46. The third-order valence-corrected chi connectivity index (χ3v) is 5.31. The highest BCUT2D eigenvalue weighted by Crippen LogP contribution is 2.30. The van der Waals surface area contributed by atoms with Crippen molar-refractivity contribution in [1.82, 2.24) is 5.32 Å². The molecule has 0 fully saturated rings. The van der Waals surface area contributed by atoms with Gasteiger partial charge in [-0.05, 0) is 49.8 Å². The number of rotatable bonds is 8. The van der Waals surface area contributed by atoms with Crippen molar-refractivity contribution >= 4 is 11.3 Å². The summed E-state index contributed by atoms with van der Waals surface area (Å²) in [5.74, 6) is 0.872. The van der Waals surface area contributed by atoms with E-state index in [-0.39, 0.29) is 0 Å². The smallest absolute Gasteiger partial charge is 0.0300 e. The highest BCUT2D eigenvalue weighted by Gasteiger charge is 2.14. The molecule has 0 aromatic carbocycles. The molecule has 1 unspecified atom stereocenters. The van der Waals surface area contributed by atoms with Gasteiger partial charge in [0.05, 0.1) is 0 Å². The Labute approximate surface area is 116 Å². The summed E-state index contributed by atoms with van der Waals surface area (Å²) < 4.78 is 0. The predicted molar refractivity (Wildman–Crippen MR) is 81.4 cm³/mol. The quantitative estimate of drug-likeness (QED) is 0.727. The van der Waals surface area contributed by atoms with Gasteiger partial charge >= 0.3 is 0 Å². The monoisotopic (exact) mass is 265 g/mol. The molecule has 1 aliphatic carbocycles. The van der Waals surface area contributed by atoms with Gasteiger partial charge in [0.15, 0.2) is 0 Å². The van der Waals surface area contributed by atoms with Crippen LogP contribution in [0.5, 0.6) is 0 Å². The molecule has 2 rings (SSSR count). The molecule has 1 N–H and O–H groups in total. The predicted octanol–water partition coefficient (Wildman–Crippen LogP) is 4.54. The maximum Gasteiger partial charge on any atom is 0.0300 e. The van der Waals surface area contributed by atoms with E-state index < -0.39 is 0 Å². The van der Waals surface area contributed by atoms with Gasteiger partial charge in [0.2, 0.25) is 0 Å². The fraction of sp³-hybridized carbons (Fsp3) is 0.750. The molecule has 0 saturated heterocycles. The van der Waals surface area contributed by atoms with Gasteiger partial charge in [-0.2, -0.15) is 0 Å². The first kappa shape index (κ1) is 14.1. The number of hydrogen-bond donors (Lipinski definition) is 1. The van der Waals surface area contributed by atoms with Crippen LogP contribution in [-0.4, -0.2) is 6.54 Å². The zero-order valence-corrected chi connectivity index (χ0v) is 12.7. The minimum Gasteiger partial charge on any atom is -0.312 e. The summed E-state index contributed by atoms with van der Waals surface area (Å²) in [6.07, 6.45) is 9.44. The van der Waals surface area contributed by atoms with Crippen LogP contribution in [0.2, 0.25) is 0 Å². The molecule has 1 aromatic heterocycles. The second-order valence-corrected chi connectivity index (χ2v) is 6.78. The maximum absolute atomic E-state index is 3.66. The Balaban J connectivity index is 1.70. The molecule has 0 spiro atoms. The van der Waals surface area contributed by atoms with Crippen molar-refractivity contribution in [2.24, 2.45) is 5.92 Å². The number of thiophene rings is 1. The summed E-state index contributed by atoms with van der Waals surface area (Å²) >= 11 is 2.04. The minimum absolute atomic E-state index is 0.872. The molecule has 0 aliphatic heterocycles. The minimum atomic E-state index is 0.872. The fourth-order valence-electron chi connectivity index (χ4n) is 2.82. The molecule has 0 bridgehead atoms. The van der Waals surface area contributed by atoms with Crippen molar-refractivity contribution in [1.29, 1.82) is 0 Å². The third kappa shape index (κ3) is 3.83. The molecular weight excluding hydrogens is 238 g/mol. The Kier molecular flexibility index (Phi) is 5.71. The fourth-order valence-corrected chi connectivity index (χ4v) is 4.05. The average molecular weight is 265 g/mol. The molecule has 1 atom stereocenters. The number of aryl methyl sites for hydroxylation is 2. The number of unbranched alkanes of at least 4 members (excludes halogenated alkanes) is 1. The summed E-state index contributed by atoms with van der Waals surface area (Å²) in [4.78, 5) is 3.20. The lowest BCUT2D eigenvalue weighted by atomic mass is 9.99. The SMILES string of the molecule is CCCCC(CC)CNCc1cc2c(s1)CCC2. The van der Waals surface area contributed by atoms with Gasteiger partial charge in [-0.15, -0.1) is 11.3 Å². The molecule has 0 radical (unpaired) electrons. The number of fused-ring (bicyclic) bond motifs is 1. The summed E-state index contributed by atoms with van der Waals surface area (Å²) in [6.45, 7) is 6.88. The Hall–Kier alpha value is -0.340. The van der Waals surface area contributed by atoms with Crippen LogP contribution in [0.1, 0.15) is 61.3 Å². The topological polar surface area (TPSA) is 12.0 Å². The van der Waals surface area contributed by atoms with Gasteiger partial charge in [-0.1, -0.05) is 33.1 Å².